The number of carbonyl (C=O) groups excluding carboxylic acids is 1. The maximum absolute atomic E-state index is 12.0. The Hall–Kier alpha value is -0.570. The summed E-state index contributed by atoms with van der Waals surface area (Å²) in [6.07, 6.45) is 3.45. The fourth-order valence-corrected chi connectivity index (χ4v) is 2.75. The van der Waals surface area contributed by atoms with Crippen molar-refractivity contribution in [1.29, 1.82) is 0 Å². The van der Waals surface area contributed by atoms with E-state index in [9.17, 15) is 4.79 Å². The first-order chi connectivity index (χ1) is 8.32. The van der Waals surface area contributed by atoms with E-state index in [0.717, 1.165) is 12.8 Å². The zero-order valence-electron chi connectivity index (χ0n) is 12.5. The second kappa shape index (κ2) is 6.55. The highest BCUT2D eigenvalue weighted by Crippen LogP contribution is 2.35. The molecule has 0 aromatic rings. The first-order valence-electron chi connectivity index (χ1n) is 7.29. The molecule has 0 radical (unpaired) electrons. The smallest absolute Gasteiger partial charge is 0.323 e. The monoisotopic (exact) mass is 255 g/mol. The molecule has 3 nitrogen and oxygen atoms in total. The minimum Gasteiger partial charge on any atom is -0.461 e. The molecule has 0 spiro atoms. The molecule has 0 amide bonds. The van der Waals surface area contributed by atoms with Gasteiger partial charge in [-0.05, 0) is 36.5 Å². The Kier molecular flexibility index (Phi) is 5.64. The first kappa shape index (κ1) is 15.5. The molecule has 1 aliphatic rings. The van der Waals surface area contributed by atoms with E-state index >= 15 is 0 Å². The highest BCUT2D eigenvalue weighted by atomic mass is 16.5. The Labute approximate surface area is 111 Å². The minimum absolute atomic E-state index is 0.0612. The van der Waals surface area contributed by atoms with Gasteiger partial charge in [0.15, 0.2) is 0 Å². The molecule has 0 aromatic carbocycles. The lowest BCUT2D eigenvalue weighted by Gasteiger charge is -2.37. The van der Waals surface area contributed by atoms with Crippen molar-refractivity contribution >= 4 is 5.97 Å². The third-order valence-electron chi connectivity index (χ3n) is 4.22. The van der Waals surface area contributed by atoms with Gasteiger partial charge < -0.3 is 10.5 Å². The van der Waals surface area contributed by atoms with Crippen molar-refractivity contribution in [2.75, 3.05) is 0 Å². The van der Waals surface area contributed by atoms with Gasteiger partial charge in [-0.2, -0.15) is 0 Å². The summed E-state index contributed by atoms with van der Waals surface area (Å²) in [5.41, 5.74) is 5.86. The molecule has 2 N–H and O–H groups in total. The molecule has 0 aliphatic heterocycles. The normalized spacial score (nSPS) is 30.6. The standard InChI is InChI=1S/C15H29NO2/c1-9(2)12-7-6-11(5)8-13(12)18-15(17)14(16)10(3)4/h9-14H,6-8,16H2,1-5H3/t11-,12+,13-,14+/m1/s1. The molecular weight excluding hydrogens is 226 g/mol. The first-order valence-corrected chi connectivity index (χ1v) is 7.29. The van der Waals surface area contributed by atoms with Gasteiger partial charge >= 0.3 is 5.97 Å². The van der Waals surface area contributed by atoms with E-state index in [1.54, 1.807) is 0 Å². The summed E-state index contributed by atoms with van der Waals surface area (Å²) in [5, 5.41) is 0. The fourth-order valence-electron chi connectivity index (χ4n) is 2.75. The number of hydrogen-bond acceptors (Lipinski definition) is 3. The van der Waals surface area contributed by atoms with E-state index < -0.39 is 6.04 Å². The summed E-state index contributed by atoms with van der Waals surface area (Å²) in [6.45, 7) is 10.6. The van der Waals surface area contributed by atoms with Gasteiger partial charge in [0.05, 0.1) is 0 Å². The van der Waals surface area contributed by atoms with Crippen LogP contribution in [0.25, 0.3) is 0 Å². The molecule has 0 saturated heterocycles. The molecule has 1 fully saturated rings. The largest absolute Gasteiger partial charge is 0.461 e. The number of nitrogens with two attached hydrogens (primary N) is 1. The molecule has 0 bridgehead atoms. The highest BCUT2D eigenvalue weighted by Gasteiger charge is 2.34. The molecule has 1 rings (SSSR count). The van der Waals surface area contributed by atoms with Crippen molar-refractivity contribution in [3.8, 4) is 0 Å². The van der Waals surface area contributed by atoms with Gasteiger partial charge in [0.25, 0.3) is 0 Å². The van der Waals surface area contributed by atoms with Crippen LogP contribution in [0.1, 0.15) is 53.9 Å². The SMILES string of the molecule is CC(C)[C@H](N)C(=O)O[C@@H]1C[C@H](C)CC[C@H]1C(C)C. The lowest BCUT2D eigenvalue weighted by molar-refractivity contribution is -0.158. The van der Waals surface area contributed by atoms with Crippen molar-refractivity contribution in [3.63, 3.8) is 0 Å². The Morgan fingerprint density at radius 2 is 1.83 bits per heavy atom. The fraction of sp³-hybridized carbons (Fsp3) is 0.933. The quantitative estimate of drug-likeness (QED) is 0.786. The van der Waals surface area contributed by atoms with Gasteiger partial charge in [-0.15, -0.1) is 0 Å². The lowest BCUT2D eigenvalue weighted by atomic mass is 9.75. The average molecular weight is 255 g/mol. The summed E-state index contributed by atoms with van der Waals surface area (Å²) in [5.74, 6) is 1.61. The van der Waals surface area contributed by atoms with Gasteiger partial charge in [0.2, 0.25) is 0 Å². The van der Waals surface area contributed by atoms with Crippen LogP contribution >= 0.6 is 0 Å². The van der Waals surface area contributed by atoms with Crippen molar-refractivity contribution in [2.24, 2.45) is 29.4 Å². The van der Waals surface area contributed by atoms with Gasteiger partial charge in [-0.3, -0.25) is 4.79 Å². The van der Waals surface area contributed by atoms with Crippen LogP contribution in [0, 0.1) is 23.7 Å². The molecular formula is C15H29NO2. The summed E-state index contributed by atoms with van der Waals surface area (Å²) >= 11 is 0. The van der Waals surface area contributed by atoms with Gasteiger partial charge in [0.1, 0.15) is 12.1 Å². The van der Waals surface area contributed by atoms with Gasteiger partial charge in [-0.1, -0.05) is 41.0 Å². The second-order valence-corrected chi connectivity index (χ2v) is 6.57. The van der Waals surface area contributed by atoms with Crippen LogP contribution in [-0.4, -0.2) is 18.1 Å². The summed E-state index contributed by atoms with van der Waals surface area (Å²) in [7, 11) is 0. The molecule has 4 atom stereocenters. The zero-order valence-corrected chi connectivity index (χ0v) is 12.5. The summed E-state index contributed by atoms with van der Waals surface area (Å²) < 4.78 is 5.69. The third-order valence-corrected chi connectivity index (χ3v) is 4.22. The molecule has 106 valence electrons. The molecule has 0 unspecified atom stereocenters. The number of carbonyl (C=O) groups is 1. The van der Waals surface area contributed by atoms with E-state index in [-0.39, 0.29) is 18.0 Å². The number of ether oxygens (including phenoxy) is 1. The highest BCUT2D eigenvalue weighted by molar-refractivity contribution is 5.76. The Morgan fingerprint density at radius 3 is 2.33 bits per heavy atom. The van der Waals surface area contributed by atoms with Crippen LogP contribution in [0.5, 0.6) is 0 Å². The van der Waals surface area contributed by atoms with Crippen molar-refractivity contribution in [3.05, 3.63) is 0 Å². The van der Waals surface area contributed by atoms with Crippen LogP contribution in [0.2, 0.25) is 0 Å². The number of hydrogen-bond donors (Lipinski definition) is 1. The number of esters is 1. The van der Waals surface area contributed by atoms with E-state index in [4.69, 9.17) is 10.5 Å². The van der Waals surface area contributed by atoms with Gasteiger partial charge in [0, 0.05) is 0 Å². The number of rotatable bonds is 4. The Bertz CT molecular complexity index is 276. The Morgan fingerprint density at radius 1 is 1.22 bits per heavy atom. The van der Waals surface area contributed by atoms with E-state index in [0.29, 0.717) is 17.8 Å². The topological polar surface area (TPSA) is 52.3 Å². The predicted molar refractivity (Wildman–Crippen MR) is 74.0 cm³/mol. The third kappa shape index (κ3) is 3.98. The molecule has 18 heavy (non-hydrogen) atoms. The molecule has 0 aromatic heterocycles. The summed E-state index contributed by atoms with van der Waals surface area (Å²) in [6, 6.07) is -0.491. The van der Waals surface area contributed by atoms with Gasteiger partial charge in [-0.25, -0.2) is 0 Å². The van der Waals surface area contributed by atoms with Crippen molar-refractivity contribution in [1.82, 2.24) is 0 Å². The molecule has 3 heteroatoms. The van der Waals surface area contributed by atoms with E-state index in [1.807, 2.05) is 13.8 Å². The van der Waals surface area contributed by atoms with Crippen LogP contribution in [0.3, 0.4) is 0 Å². The summed E-state index contributed by atoms with van der Waals surface area (Å²) in [4.78, 5) is 12.0. The predicted octanol–water partition coefficient (Wildman–Crippen LogP) is 2.97. The van der Waals surface area contributed by atoms with Crippen LogP contribution in [0.15, 0.2) is 0 Å². The van der Waals surface area contributed by atoms with Crippen LogP contribution in [0.4, 0.5) is 0 Å². The van der Waals surface area contributed by atoms with Crippen molar-refractivity contribution < 1.29 is 9.53 Å². The molecule has 0 heterocycles. The van der Waals surface area contributed by atoms with Crippen molar-refractivity contribution in [2.45, 2.75) is 66.0 Å². The van der Waals surface area contributed by atoms with Crippen LogP contribution in [-0.2, 0) is 9.53 Å². The lowest BCUT2D eigenvalue weighted by Crippen LogP contribution is -2.43. The molecule has 1 saturated carbocycles. The Balaban J connectivity index is 2.63. The van der Waals surface area contributed by atoms with E-state index in [2.05, 4.69) is 20.8 Å². The minimum atomic E-state index is -0.491. The van der Waals surface area contributed by atoms with Crippen LogP contribution < -0.4 is 5.73 Å². The molecule has 1 aliphatic carbocycles. The maximum Gasteiger partial charge on any atom is 0.323 e. The van der Waals surface area contributed by atoms with E-state index in [1.165, 1.54) is 6.42 Å². The zero-order chi connectivity index (χ0) is 13.9. The second-order valence-electron chi connectivity index (χ2n) is 6.57. The maximum atomic E-state index is 12.0. The average Bonchev–Trinajstić information content (AvgIpc) is 2.27.